The largest absolute Gasteiger partial charge is 0.262 e. The summed E-state index contributed by atoms with van der Waals surface area (Å²) < 4.78 is 0. The molecule has 0 amide bonds. The number of rotatable bonds is 0. The fourth-order valence-electron chi connectivity index (χ4n) is 1.53. The van der Waals surface area contributed by atoms with E-state index >= 15 is 0 Å². The van der Waals surface area contributed by atoms with Crippen molar-refractivity contribution >= 4 is 10.9 Å². The first-order valence-corrected chi connectivity index (χ1v) is 4.37. The van der Waals surface area contributed by atoms with E-state index in [2.05, 4.69) is 23.8 Å². The Bertz CT molecular complexity index is 461. The van der Waals surface area contributed by atoms with Gasteiger partial charge in [0.25, 0.3) is 0 Å². The second-order valence-electron chi connectivity index (χ2n) is 3.34. The van der Waals surface area contributed by atoms with Gasteiger partial charge in [-0.2, -0.15) is 0 Å². The van der Waals surface area contributed by atoms with Crippen LogP contribution in [0.5, 0.6) is 0 Å². The molecular weight excluding hydrogens is 160 g/mol. The fraction of sp³-hybridized carbons (Fsp3) is 0.273. The Hall–Kier alpha value is -1.44. The first-order chi connectivity index (χ1) is 6.20. The lowest BCUT2D eigenvalue weighted by molar-refractivity contribution is 1.16. The van der Waals surface area contributed by atoms with Gasteiger partial charge in [0.15, 0.2) is 0 Å². The highest BCUT2D eigenvalue weighted by molar-refractivity contribution is 5.82. The first-order valence-electron chi connectivity index (χ1n) is 4.37. The molecular formula is C11H12N2. The lowest BCUT2D eigenvalue weighted by atomic mass is 10.0. The lowest BCUT2D eigenvalue weighted by Crippen LogP contribution is -1.93. The molecule has 0 unspecified atom stereocenters. The first kappa shape index (κ1) is 8.17. The van der Waals surface area contributed by atoms with Crippen LogP contribution in [0.2, 0.25) is 0 Å². The van der Waals surface area contributed by atoms with E-state index in [0.29, 0.717) is 0 Å². The second-order valence-corrected chi connectivity index (χ2v) is 3.34. The van der Waals surface area contributed by atoms with Crippen molar-refractivity contribution in [1.82, 2.24) is 9.97 Å². The molecule has 2 aromatic rings. The van der Waals surface area contributed by atoms with Crippen molar-refractivity contribution in [2.45, 2.75) is 20.8 Å². The van der Waals surface area contributed by atoms with Gasteiger partial charge in [0.2, 0.25) is 0 Å². The summed E-state index contributed by atoms with van der Waals surface area (Å²) in [6.45, 7) is 6.28. The predicted molar refractivity (Wildman–Crippen MR) is 53.7 cm³/mol. The van der Waals surface area contributed by atoms with Crippen LogP contribution in [-0.4, -0.2) is 9.97 Å². The summed E-state index contributed by atoms with van der Waals surface area (Å²) >= 11 is 0. The maximum Gasteiger partial charge on any atom is 0.0891 e. The van der Waals surface area contributed by atoms with Gasteiger partial charge in [-0.1, -0.05) is 0 Å². The summed E-state index contributed by atoms with van der Waals surface area (Å²) in [5, 5.41) is 1.21. The summed E-state index contributed by atoms with van der Waals surface area (Å²) in [4.78, 5) is 8.54. The zero-order valence-corrected chi connectivity index (χ0v) is 8.13. The number of aromatic nitrogens is 2. The number of aryl methyl sites for hydroxylation is 2. The molecule has 2 nitrogen and oxygen atoms in total. The van der Waals surface area contributed by atoms with Crippen molar-refractivity contribution in [3.63, 3.8) is 0 Å². The van der Waals surface area contributed by atoms with Crippen LogP contribution in [0.1, 0.15) is 16.8 Å². The van der Waals surface area contributed by atoms with Gasteiger partial charge in [0.1, 0.15) is 0 Å². The van der Waals surface area contributed by atoms with E-state index in [-0.39, 0.29) is 0 Å². The molecule has 0 spiro atoms. The SMILES string of the molecule is Cc1nc2cnccc2c(C)c1C. The van der Waals surface area contributed by atoms with Crippen molar-refractivity contribution < 1.29 is 0 Å². The predicted octanol–water partition coefficient (Wildman–Crippen LogP) is 2.56. The Morgan fingerprint density at radius 3 is 2.62 bits per heavy atom. The summed E-state index contributed by atoms with van der Waals surface area (Å²) in [5.74, 6) is 0. The Morgan fingerprint density at radius 1 is 1.08 bits per heavy atom. The Labute approximate surface area is 77.6 Å². The molecule has 0 aliphatic heterocycles. The molecule has 2 rings (SSSR count). The molecule has 0 aromatic carbocycles. The zero-order valence-electron chi connectivity index (χ0n) is 8.13. The minimum Gasteiger partial charge on any atom is -0.262 e. The molecule has 0 bridgehead atoms. The van der Waals surface area contributed by atoms with Gasteiger partial charge in [-0.3, -0.25) is 9.97 Å². The second kappa shape index (κ2) is 2.80. The van der Waals surface area contributed by atoms with Crippen molar-refractivity contribution in [3.8, 4) is 0 Å². The maximum absolute atomic E-state index is 4.47. The monoisotopic (exact) mass is 172 g/mol. The van der Waals surface area contributed by atoms with Crippen LogP contribution < -0.4 is 0 Å². The highest BCUT2D eigenvalue weighted by Crippen LogP contribution is 2.20. The van der Waals surface area contributed by atoms with Gasteiger partial charge in [-0.25, -0.2) is 0 Å². The molecule has 0 aliphatic rings. The van der Waals surface area contributed by atoms with Crippen LogP contribution in [0.15, 0.2) is 18.5 Å². The topological polar surface area (TPSA) is 25.8 Å². The smallest absolute Gasteiger partial charge is 0.0891 e. The van der Waals surface area contributed by atoms with E-state index < -0.39 is 0 Å². The molecule has 2 aromatic heterocycles. The minimum absolute atomic E-state index is 0.989. The molecule has 0 atom stereocenters. The van der Waals surface area contributed by atoms with Crippen molar-refractivity contribution in [2.75, 3.05) is 0 Å². The number of fused-ring (bicyclic) bond motifs is 1. The van der Waals surface area contributed by atoms with E-state index in [1.165, 1.54) is 16.5 Å². The van der Waals surface area contributed by atoms with Gasteiger partial charge < -0.3 is 0 Å². The Balaban J connectivity index is 2.94. The van der Waals surface area contributed by atoms with Crippen LogP contribution in [0.4, 0.5) is 0 Å². The molecule has 0 fully saturated rings. The molecule has 2 heteroatoms. The Kier molecular flexibility index (Phi) is 1.76. The van der Waals surface area contributed by atoms with Gasteiger partial charge in [-0.05, 0) is 38.0 Å². The molecule has 66 valence electrons. The summed E-state index contributed by atoms with van der Waals surface area (Å²) in [7, 11) is 0. The summed E-state index contributed by atoms with van der Waals surface area (Å²) in [6.07, 6.45) is 3.63. The molecule has 0 aliphatic carbocycles. The maximum atomic E-state index is 4.47. The van der Waals surface area contributed by atoms with Crippen molar-refractivity contribution in [3.05, 3.63) is 35.3 Å². The average Bonchev–Trinajstić information content (AvgIpc) is 2.15. The Morgan fingerprint density at radius 2 is 1.85 bits per heavy atom. The summed E-state index contributed by atoms with van der Waals surface area (Å²) in [5.41, 5.74) is 4.67. The van der Waals surface area contributed by atoms with E-state index in [1.54, 1.807) is 0 Å². The number of pyridine rings is 2. The highest BCUT2D eigenvalue weighted by Gasteiger charge is 2.03. The molecule has 0 N–H and O–H groups in total. The molecule has 0 saturated carbocycles. The number of hydrogen-bond acceptors (Lipinski definition) is 2. The minimum atomic E-state index is 0.989. The van der Waals surface area contributed by atoms with Gasteiger partial charge in [0.05, 0.1) is 11.7 Å². The molecule has 0 saturated heterocycles. The molecule has 13 heavy (non-hydrogen) atoms. The number of hydrogen-bond donors (Lipinski definition) is 0. The third-order valence-electron chi connectivity index (χ3n) is 2.60. The van der Waals surface area contributed by atoms with Gasteiger partial charge in [-0.15, -0.1) is 0 Å². The fourth-order valence-corrected chi connectivity index (χ4v) is 1.53. The van der Waals surface area contributed by atoms with Crippen LogP contribution in [0.3, 0.4) is 0 Å². The zero-order chi connectivity index (χ0) is 9.42. The van der Waals surface area contributed by atoms with E-state index in [4.69, 9.17) is 0 Å². The van der Waals surface area contributed by atoms with Gasteiger partial charge >= 0.3 is 0 Å². The van der Waals surface area contributed by atoms with E-state index in [9.17, 15) is 0 Å². The van der Waals surface area contributed by atoms with Crippen molar-refractivity contribution in [2.24, 2.45) is 0 Å². The van der Waals surface area contributed by atoms with Crippen LogP contribution in [0.25, 0.3) is 10.9 Å². The average molecular weight is 172 g/mol. The van der Waals surface area contributed by atoms with Crippen LogP contribution in [-0.2, 0) is 0 Å². The van der Waals surface area contributed by atoms with Gasteiger partial charge in [0, 0.05) is 17.3 Å². The third-order valence-corrected chi connectivity index (χ3v) is 2.60. The standard InChI is InChI=1S/C11H12N2/c1-7-8(2)10-4-5-12-6-11(10)13-9(7)3/h4-6H,1-3H3. The van der Waals surface area contributed by atoms with Crippen LogP contribution >= 0.6 is 0 Å². The summed E-state index contributed by atoms with van der Waals surface area (Å²) in [6, 6.07) is 2.02. The third kappa shape index (κ3) is 1.18. The van der Waals surface area contributed by atoms with Crippen molar-refractivity contribution in [1.29, 1.82) is 0 Å². The normalized spacial score (nSPS) is 10.7. The molecule has 0 radical (unpaired) electrons. The molecule has 2 heterocycles. The van der Waals surface area contributed by atoms with Crippen LogP contribution in [0, 0.1) is 20.8 Å². The number of nitrogens with zero attached hydrogens (tertiary/aromatic N) is 2. The quantitative estimate of drug-likeness (QED) is 0.610. The highest BCUT2D eigenvalue weighted by atomic mass is 14.7. The lowest BCUT2D eigenvalue weighted by Gasteiger charge is -2.07. The van der Waals surface area contributed by atoms with E-state index in [0.717, 1.165) is 11.2 Å². The van der Waals surface area contributed by atoms with E-state index in [1.807, 2.05) is 25.4 Å².